The number of fused-ring (bicyclic) bond motifs is 1. The highest BCUT2D eigenvalue weighted by Crippen LogP contribution is 2.32. The standard InChI is InChI=1S/C17H27BrN2/c1-13(2)20(3)11-5-4-10-19-17-9-6-14-12-15(18)7-8-16(14)17/h7-8,12-13,17,19H,4-6,9-11H2,1-3H3. The lowest BCUT2D eigenvalue weighted by atomic mass is 10.1. The van der Waals surface area contributed by atoms with Crippen LogP contribution in [0.5, 0.6) is 0 Å². The molecule has 0 spiro atoms. The number of hydrogen-bond donors (Lipinski definition) is 1. The highest BCUT2D eigenvalue weighted by molar-refractivity contribution is 9.10. The summed E-state index contributed by atoms with van der Waals surface area (Å²) in [6.45, 7) is 6.84. The van der Waals surface area contributed by atoms with Gasteiger partial charge in [-0.25, -0.2) is 0 Å². The van der Waals surface area contributed by atoms with E-state index >= 15 is 0 Å². The van der Waals surface area contributed by atoms with Crippen LogP contribution in [0, 0.1) is 0 Å². The van der Waals surface area contributed by atoms with Crippen molar-refractivity contribution in [3.05, 3.63) is 33.8 Å². The van der Waals surface area contributed by atoms with Gasteiger partial charge in [0, 0.05) is 16.6 Å². The molecule has 1 aromatic rings. The molecule has 1 atom stereocenters. The molecule has 0 amide bonds. The van der Waals surface area contributed by atoms with E-state index in [1.165, 1.54) is 47.8 Å². The van der Waals surface area contributed by atoms with Gasteiger partial charge in [-0.2, -0.15) is 0 Å². The lowest BCUT2D eigenvalue weighted by Crippen LogP contribution is -2.28. The van der Waals surface area contributed by atoms with Crippen LogP contribution in [-0.4, -0.2) is 31.1 Å². The zero-order valence-corrected chi connectivity index (χ0v) is 14.5. The molecule has 0 aliphatic heterocycles. The van der Waals surface area contributed by atoms with Crippen molar-refractivity contribution in [1.29, 1.82) is 0 Å². The quantitative estimate of drug-likeness (QED) is 0.751. The van der Waals surface area contributed by atoms with Gasteiger partial charge in [0.1, 0.15) is 0 Å². The predicted molar refractivity (Wildman–Crippen MR) is 90.2 cm³/mol. The van der Waals surface area contributed by atoms with E-state index in [9.17, 15) is 0 Å². The molecule has 1 aromatic carbocycles. The van der Waals surface area contributed by atoms with Crippen LogP contribution in [0.4, 0.5) is 0 Å². The van der Waals surface area contributed by atoms with E-state index in [-0.39, 0.29) is 0 Å². The van der Waals surface area contributed by atoms with E-state index in [1.54, 1.807) is 0 Å². The number of unbranched alkanes of at least 4 members (excludes halogenated alkanes) is 1. The number of aryl methyl sites for hydroxylation is 1. The fraction of sp³-hybridized carbons (Fsp3) is 0.647. The number of hydrogen-bond acceptors (Lipinski definition) is 2. The van der Waals surface area contributed by atoms with Crippen LogP contribution in [0.15, 0.2) is 22.7 Å². The number of halogens is 1. The second-order valence-electron chi connectivity index (χ2n) is 6.17. The Morgan fingerprint density at radius 2 is 2.15 bits per heavy atom. The first-order valence-corrected chi connectivity index (χ1v) is 8.59. The smallest absolute Gasteiger partial charge is 0.0326 e. The third-order valence-electron chi connectivity index (χ3n) is 4.39. The SMILES string of the molecule is CC(C)N(C)CCCCNC1CCc2cc(Br)ccc21. The molecule has 20 heavy (non-hydrogen) atoms. The van der Waals surface area contributed by atoms with Crippen molar-refractivity contribution >= 4 is 15.9 Å². The van der Waals surface area contributed by atoms with Gasteiger partial charge in [-0.3, -0.25) is 0 Å². The molecule has 1 unspecified atom stereocenters. The largest absolute Gasteiger partial charge is 0.310 e. The molecule has 0 saturated carbocycles. The van der Waals surface area contributed by atoms with Crippen LogP contribution in [0.25, 0.3) is 0 Å². The minimum atomic E-state index is 0.570. The van der Waals surface area contributed by atoms with Gasteiger partial charge in [0.25, 0.3) is 0 Å². The maximum Gasteiger partial charge on any atom is 0.0326 e. The van der Waals surface area contributed by atoms with Crippen LogP contribution in [0.2, 0.25) is 0 Å². The first-order chi connectivity index (χ1) is 9.58. The normalized spacial score (nSPS) is 18.0. The van der Waals surface area contributed by atoms with E-state index in [0.717, 1.165) is 6.54 Å². The van der Waals surface area contributed by atoms with E-state index in [4.69, 9.17) is 0 Å². The van der Waals surface area contributed by atoms with E-state index < -0.39 is 0 Å². The lowest BCUT2D eigenvalue weighted by molar-refractivity contribution is 0.267. The lowest BCUT2D eigenvalue weighted by Gasteiger charge is -2.21. The topological polar surface area (TPSA) is 15.3 Å². The molecule has 0 saturated heterocycles. The molecular formula is C17H27BrN2. The maximum atomic E-state index is 3.73. The highest BCUT2D eigenvalue weighted by atomic mass is 79.9. The van der Waals surface area contributed by atoms with Crippen molar-refractivity contribution in [1.82, 2.24) is 10.2 Å². The summed E-state index contributed by atoms with van der Waals surface area (Å²) < 4.78 is 1.20. The van der Waals surface area contributed by atoms with Crippen molar-refractivity contribution in [2.24, 2.45) is 0 Å². The van der Waals surface area contributed by atoms with Crippen LogP contribution in [0.3, 0.4) is 0 Å². The molecule has 3 heteroatoms. The second-order valence-corrected chi connectivity index (χ2v) is 7.09. The van der Waals surface area contributed by atoms with Crippen molar-refractivity contribution in [2.75, 3.05) is 20.1 Å². The second kappa shape index (κ2) is 7.58. The molecular weight excluding hydrogens is 312 g/mol. The summed E-state index contributed by atoms with van der Waals surface area (Å²) >= 11 is 3.56. The Hall–Kier alpha value is -0.380. The van der Waals surface area contributed by atoms with Gasteiger partial charge < -0.3 is 10.2 Å². The van der Waals surface area contributed by atoms with Crippen molar-refractivity contribution in [3.8, 4) is 0 Å². The summed E-state index contributed by atoms with van der Waals surface area (Å²) in [6.07, 6.45) is 5.00. The number of nitrogens with one attached hydrogen (secondary N) is 1. The first kappa shape index (κ1) is 16.0. The van der Waals surface area contributed by atoms with Gasteiger partial charge in [-0.05, 0) is 82.9 Å². The molecule has 0 fully saturated rings. The Morgan fingerprint density at radius 3 is 2.90 bits per heavy atom. The Bertz CT molecular complexity index is 431. The van der Waals surface area contributed by atoms with Gasteiger partial charge in [-0.1, -0.05) is 22.0 Å². The van der Waals surface area contributed by atoms with Crippen LogP contribution < -0.4 is 5.32 Å². The zero-order chi connectivity index (χ0) is 14.5. The molecule has 0 bridgehead atoms. The fourth-order valence-corrected chi connectivity index (χ4v) is 3.23. The van der Waals surface area contributed by atoms with Gasteiger partial charge >= 0.3 is 0 Å². The minimum absolute atomic E-state index is 0.570. The van der Waals surface area contributed by atoms with E-state index in [0.29, 0.717) is 12.1 Å². The van der Waals surface area contributed by atoms with Gasteiger partial charge in [-0.15, -0.1) is 0 Å². The van der Waals surface area contributed by atoms with Crippen LogP contribution in [-0.2, 0) is 6.42 Å². The maximum absolute atomic E-state index is 3.73. The molecule has 0 aromatic heterocycles. The average Bonchev–Trinajstić information content (AvgIpc) is 2.80. The minimum Gasteiger partial charge on any atom is -0.310 e. The number of nitrogens with zero attached hydrogens (tertiary/aromatic N) is 1. The Morgan fingerprint density at radius 1 is 1.35 bits per heavy atom. The first-order valence-electron chi connectivity index (χ1n) is 7.80. The number of rotatable bonds is 7. The summed E-state index contributed by atoms with van der Waals surface area (Å²) in [5.41, 5.74) is 3.02. The summed E-state index contributed by atoms with van der Waals surface area (Å²) in [5.74, 6) is 0. The molecule has 0 heterocycles. The third-order valence-corrected chi connectivity index (χ3v) is 4.89. The molecule has 112 valence electrons. The molecule has 1 N–H and O–H groups in total. The van der Waals surface area contributed by atoms with Crippen LogP contribution >= 0.6 is 15.9 Å². The van der Waals surface area contributed by atoms with E-state index in [1.807, 2.05) is 0 Å². The van der Waals surface area contributed by atoms with Crippen molar-refractivity contribution in [3.63, 3.8) is 0 Å². The predicted octanol–water partition coefficient (Wildman–Crippen LogP) is 4.15. The summed E-state index contributed by atoms with van der Waals surface area (Å²) in [5, 5.41) is 3.73. The Kier molecular flexibility index (Phi) is 6.06. The average molecular weight is 339 g/mol. The number of benzene rings is 1. The monoisotopic (exact) mass is 338 g/mol. The van der Waals surface area contributed by atoms with Gasteiger partial charge in [0.2, 0.25) is 0 Å². The fourth-order valence-electron chi connectivity index (χ4n) is 2.82. The Balaban J connectivity index is 1.69. The molecule has 1 aliphatic rings. The third kappa shape index (κ3) is 4.31. The molecule has 2 nitrogen and oxygen atoms in total. The molecule has 2 rings (SSSR count). The molecule has 1 aliphatic carbocycles. The van der Waals surface area contributed by atoms with Crippen LogP contribution in [0.1, 0.15) is 50.3 Å². The van der Waals surface area contributed by atoms with Gasteiger partial charge in [0.05, 0.1) is 0 Å². The van der Waals surface area contributed by atoms with Gasteiger partial charge in [0.15, 0.2) is 0 Å². The summed E-state index contributed by atoms with van der Waals surface area (Å²) in [6, 6.07) is 7.94. The highest BCUT2D eigenvalue weighted by Gasteiger charge is 2.21. The van der Waals surface area contributed by atoms with E-state index in [2.05, 4.69) is 65.2 Å². The Labute approximate surface area is 132 Å². The van der Waals surface area contributed by atoms with Crippen molar-refractivity contribution in [2.45, 2.75) is 51.6 Å². The zero-order valence-electron chi connectivity index (χ0n) is 13.0. The van der Waals surface area contributed by atoms with Crippen molar-refractivity contribution < 1.29 is 0 Å². The molecule has 0 radical (unpaired) electrons. The summed E-state index contributed by atoms with van der Waals surface area (Å²) in [4.78, 5) is 2.42. The summed E-state index contributed by atoms with van der Waals surface area (Å²) in [7, 11) is 2.21.